The zero-order valence-corrected chi connectivity index (χ0v) is 10.3. The maximum Gasteiger partial charge on any atom is 0.116 e. The van der Waals surface area contributed by atoms with Crippen LogP contribution in [0.2, 0.25) is 0 Å². The normalized spacial score (nSPS) is 27.6. The zero-order chi connectivity index (χ0) is 13.2. The fourth-order valence-electron chi connectivity index (χ4n) is 1.34. The Labute approximate surface area is 111 Å². The second kappa shape index (κ2) is 7.55. The van der Waals surface area contributed by atoms with Crippen molar-refractivity contribution in [1.29, 1.82) is 0 Å². The Morgan fingerprint density at radius 3 is 2.74 bits per heavy atom. The largest absolute Gasteiger partial charge is 0.473 e. The second-order valence-corrected chi connectivity index (χ2v) is 3.51. The molecular weight excluding hydrogens is 238 g/mol. The van der Waals surface area contributed by atoms with Gasteiger partial charge in [0, 0.05) is 24.2 Å². The smallest absolute Gasteiger partial charge is 0.116 e. The number of fused-ring (bicyclic) bond motifs is 1. The molecule has 0 aromatic carbocycles. The SMILES string of the molecule is C1=C/C2=C/N=C/C=C\O/C=C\C=C/C=NC=NC2=C1. The van der Waals surface area contributed by atoms with Crippen LogP contribution in [-0.2, 0) is 4.74 Å². The van der Waals surface area contributed by atoms with E-state index in [9.17, 15) is 0 Å². The summed E-state index contributed by atoms with van der Waals surface area (Å²) < 4.78 is 5.10. The standard InChI is InChI=1S/C15H13N3O/c1-2-8-17-13-18-15-7-4-6-14(15)12-16-9-5-11-19-10-3-1/h1-13H/b2-1-,10-3-,11-5-,14-12-,16-9+,17-8?,18-13?. The molecule has 2 rings (SSSR count). The molecule has 4 heteroatoms. The molecule has 0 saturated heterocycles. The summed E-state index contributed by atoms with van der Waals surface area (Å²) in [6.07, 6.45) is 22.5. The average Bonchev–Trinajstić information content (AvgIpc) is 2.85. The third-order valence-corrected chi connectivity index (χ3v) is 2.18. The molecule has 0 N–H and O–H groups in total. The average molecular weight is 251 g/mol. The lowest BCUT2D eigenvalue weighted by Gasteiger charge is -1.94. The van der Waals surface area contributed by atoms with E-state index in [1.54, 1.807) is 49.4 Å². The van der Waals surface area contributed by atoms with E-state index >= 15 is 0 Å². The number of hydrogen-bond acceptors (Lipinski definition) is 4. The van der Waals surface area contributed by atoms with Crippen LogP contribution < -0.4 is 0 Å². The van der Waals surface area contributed by atoms with Gasteiger partial charge in [0.25, 0.3) is 0 Å². The highest BCUT2D eigenvalue weighted by molar-refractivity contribution is 5.80. The first kappa shape index (κ1) is 12.7. The lowest BCUT2D eigenvalue weighted by atomic mass is 10.3. The molecule has 0 fully saturated rings. The van der Waals surface area contributed by atoms with Gasteiger partial charge in [0.1, 0.15) is 6.34 Å². The molecule has 0 spiro atoms. The van der Waals surface area contributed by atoms with Crippen LogP contribution in [-0.4, -0.2) is 18.8 Å². The van der Waals surface area contributed by atoms with Gasteiger partial charge in [0.15, 0.2) is 0 Å². The van der Waals surface area contributed by atoms with Crippen molar-refractivity contribution in [3.63, 3.8) is 0 Å². The molecule has 94 valence electrons. The lowest BCUT2D eigenvalue weighted by Crippen LogP contribution is -1.80. The fourth-order valence-corrected chi connectivity index (χ4v) is 1.34. The highest BCUT2D eigenvalue weighted by Gasteiger charge is 2.02. The van der Waals surface area contributed by atoms with Crippen molar-refractivity contribution in [2.75, 3.05) is 0 Å². The second-order valence-electron chi connectivity index (χ2n) is 3.51. The molecule has 0 bridgehead atoms. The monoisotopic (exact) mass is 251 g/mol. The molecule has 1 aliphatic carbocycles. The van der Waals surface area contributed by atoms with E-state index in [4.69, 9.17) is 4.74 Å². The summed E-state index contributed by atoms with van der Waals surface area (Å²) in [5.74, 6) is 0. The Morgan fingerprint density at radius 2 is 1.74 bits per heavy atom. The summed E-state index contributed by atoms with van der Waals surface area (Å²) in [5, 5.41) is 0. The third-order valence-electron chi connectivity index (χ3n) is 2.18. The van der Waals surface area contributed by atoms with Crippen molar-refractivity contribution in [1.82, 2.24) is 0 Å². The van der Waals surface area contributed by atoms with Crippen molar-refractivity contribution in [3.05, 3.63) is 72.5 Å². The fraction of sp³-hybridized carbons (Fsp3) is 0. The van der Waals surface area contributed by atoms with Gasteiger partial charge < -0.3 is 4.74 Å². The summed E-state index contributed by atoms with van der Waals surface area (Å²) in [6, 6.07) is 0. The number of allylic oxidation sites excluding steroid dienone is 7. The maximum absolute atomic E-state index is 5.10. The number of rotatable bonds is 0. The van der Waals surface area contributed by atoms with Crippen LogP contribution in [0, 0.1) is 0 Å². The molecule has 1 aliphatic heterocycles. The lowest BCUT2D eigenvalue weighted by molar-refractivity contribution is 0.403. The van der Waals surface area contributed by atoms with E-state index in [1.807, 2.05) is 24.3 Å². The van der Waals surface area contributed by atoms with Gasteiger partial charge in [-0.2, -0.15) is 0 Å². The van der Waals surface area contributed by atoms with Crippen LogP contribution in [0.15, 0.2) is 87.5 Å². The van der Waals surface area contributed by atoms with Gasteiger partial charge >= 0.3 is 0 Å². The maximum atomic E-state index is 5.10. The van der Waals surface area contributed by atoms with Crippen LogP contribution in [0.4, 0.5) is 0 Å². The van der Waals surface area contributed by atoms with Gasteiger partial charge in [-0.1, -0.05) is 18.2 Å². The quantitative estimate of drug-likeness (QED) is 0.652. The molecular formula is C15H13N3O. The summed E-state index contributed by atoms with van der Waals surface area (Å²) in [4.78, 5) is 12.4. The summed E-state index contributed by atoms with van der Waals surface area (Å²) >= 11 is 0. The van der Waals surface area contributed by atoms with E-state index in [-0.39, 0.29) is 0 Å². The summed E-state index contributed by atoms with van der Waals surface area (Å²) in [7, 11) is 0. The van der Waals surface area contributed by atoms with Gasteiger partial charge in [0.05, 0.1) is 18.2 Å². The van der Waals surface area contributed by atoms with Crippen molar-refractivity contribution in [3.8, 4) is 0 Å². The highest BCUT2D eigenvalue weighted by Crippen LogP contribution is 2.18. The Balaban J connectivity index is 2.17. The molecule has 0 atom stereocenters. The Kier molecular flexibility index (Phi) is 5.05. The summed E-state index contributed by atoms with van der Waals surface area (Å²) in [6.45, 7) is 0. The van der Waals surface area contributed by atoms with Crippen molar-refractivity contribution in [2.24, 2.45) is 15.0 Å². The molecule has 0 radical (unpaired) electrons. The number of nitrogens with zero attached hydrogens (tertiary/aromatic N) is 3. The highest BCUT2D eigenvalue weighted by atomic mass is 16.5. The predicted molar refractivity (Wildman–Crippen MR) is 79.3 cm³/mol. The minimum absolute atomic E-state index is 0.838. The van der Waals surface area contributed by atoms with Crippen LogP contribution in [0.1, 0.15) is 0 Å². The first-order chi connectivity index (χ1) is 9.47. The molecule has 0 aromatic heterocycles. The number of ether oxygens (including phenoxy) is 1. The van der Waals surface area contributed by atoms with Crippen LogP contribution in [0.5, 0.6) is 0 Å². The van der Waals surface area contributed by atoms with Crippen molar-refractivity contribution >= 4 is 18.8 Å². The van der Waals surface area contributed by atoms with Gasteiger partial charge in [-0.3, -0.25) is 4.99 Å². The Hall–Kier alpha value is -2.75. The third kappa shape index (κ3) is 4.55. The van der Waals surface area contributed by atoms with E-state index in [2.05, 4.69) is 15.0 Å². The molecule has 0 unspecified atom stereocenters. The molecule has 19 heavy (non-hydrogen) atoms. The Bertz CT molecular complexity index is 570. The van der Waals surface area contributed by atoms with E-state index in [0.29, 0.717) is 0 Å². The summed E-state index contributed by atoms with van der Waals surface area (Å²) in [5.41, 5.74) is 1.78. The molecule has 4 nitrogen and oxygen atoms in total. The zero-order valence-electron chi connectivity index (χ0n) is 10.3. The minimum Gasteiger partial charge on any atom is -0.473 e. The topological polar surface area (TPSA) is 46.3 Å². The van der Waals surface area contributed by atoms with Crippen molar-refractivity contribution in [2.45, 2.75) is 0 Å². The van der Waals surface area contributed by atoms with Gasteiger partial charge in [-0.25, -0.2) is 9.98 Å². The molecule has 1 heterocycles. The van der Waals surface area contributed by atoms with E-state index < -0.39 is 0 Å². The number of aliphatic imine (C=N–C) groups is 3. The van der Waals surface area contributed by atoms with Gasteiger partial charge in [0.2, 0.25) is 0 Å². The van der Waals surface area contributed by atoms with Crippen LogP contribution in [0.3, 0.4) is 0 Å². The molecule has 0 saturated carbocycles. The minimum atomic E-state index is 0.838. The predicted octanol–water partition coefficient (Wildman–Crippen LogP) is 3.11. The van der Waals surface area contributed by atoms with Crippen molar-refractivity contribution < 1.29 is 4.74 Å². The first-order valence-electron chi connectivity index (χ1n) is 5.77. The van der Waals surface area contributed by atoms with E-state index in [0.717, 1.165) is 11.3 Å². The molecule has 2 aliphatic rings. The number of hydrogen-bond donors (Lipinski definition) is 0. The van der Waals surface area contributed by atoms with Gasteiger partial charge in [-0.05, 0) is 24.3 Å². The van der Waals surface area contributed by atoms with Crippen LogP contribution in [0.25, 0.3) is 0 Å². The Morgan fingerprint density at radius 1 is 0.842 bits per heavy atom. The molecule has 0 amide bonds. The van der Waals surface area contributed by atoms with Crippen LogP contribution >= 0.6 is 0 Å². The first-order valence-corrected chi connectivity index (χ1v) is 5.77. The molecule has 0 aromatic rings. The van der Waals surface area contributed by atoms with Gasteiger partial charge in [-0.15, -0.1) is 0 Å². The van der Waals surface area contributed by atoms with E-state index in [1.165, 1.54) is 6.34 Å².